The van der Waals surface area contributed by atoms with Gasteiger partial charge in [-0.05, 0) is 54.7 Å². The second kappa shape index (κ2) is 10.9. The fourth-order valence-corrected chi connectivity index (χ4v) is 4.31. The van der Waals surface area contributed by atoms with Gasteiger partial charge in [0, 0.05) is 17.7 Å². The number of aliphatic hydroxyl groups excluding tert-OH is 4. The Morgan fingerprint density at radius 1 is 1.03 bits per heavy atom. The third-order valence-corrected chi connectivity index (χ3v) is 6.62. The van der Waals surface area contributed by atoms with Crippen LogP contribution in [0.5, 0.6) is 5.75 Å². The Kier molecular flexibility index (Phi) is 8.12. The van der Waals surface area contributed by atoms with Gasteiger partial charge in [0.25, 0.3) is 0 Å². The second-order valence-electron chi connectivity index (χ2n) is 8.68. The number of hydrogen-bond acceptors (Lipinski definition) is 8. The summed E-state index contributed by atoms with van der Waals surface area (Å²) in [5, 5.41) is 41.3. The molecule has 1 heterocycles. The summed E-state index contributed by atoms with van der Waals surface area (Å²) in [5.74, 6) is -1.03. The minimum absolute atomic E-state index is 0.405. The van der Waals surface area contributed by atoms with Crippen molar-refractivity contribution in [1.29, 1.82) is 0 Å². The van der Waals surface area contributed by atoms with Crippen LogP contribution in [0.2, 0.25) is 5.02 Å². The summed E-state index contributed by atoms with van der Waals surface area (Å²) in [4.78, 5) is 0. The first-order valence-corrected chi connectivity index (χ1v) is 11.8. The average Bonchev–Trinajstić information content (AvgIpc) is 3.68. The summed E-state index contributed by atoms with van der Waals surface area (Å²) < 4.78 is 22.6. The maximum atomic E-state index is 10.7. The average molecular weight is 495 g/mol. The monoisotopic (exact) mass is 494 g/mol. The molecule has 0 spiro atoms. The molecule has 8 nitrogen and oxygen atoms in total. The molecular formula is C25H31ClO8. The highest BCUT2D eigenvalue weighted by atomic mass is 35.5. The summed E-state index contributed by atoms with van der Waals surface area (Å²) in [6.07, 6.45) is -2.60. The predicted octanol–water partition coefficient (Wildman–Crippen LogP) is 1.76. The van der Waals surface area contributed by atoms with Crippen molar-refractivity contribution in [2.24, 2.45) is 0 Å². The van der Waals surface area contributed by atoms with Gasteiger partial charge in [-0.3, -0.25) is 0 Å². The summed E-state index contributed by atoms with van der Waals surface area (Å²) >= 11 is 6.45. The lowest BCUT2D eigenvalue weighted by atomic mass is 9.87. The minimum atomic E-state index is -1.79. The zero-order valence-corrected chi connectivity index (χ0v) is 19.7. The number of rotatable bonds is 10. The number of methoxy groups -OCH3 is 1. The molecule has 2 fully saturated rings. The zero-order chi connectivity index (χ0) is 24.3. The molecule has 2 aromatic carbocycles. The Balaban J connectivity index is 1.49. The van der Waals surface area contributed by atoms with E-state index in [1.54, 1.807) is 18.2 Å². The third-order valence-electron chi connectivity index (χ3n) is 6.25. The molecule has 4 N–H and O–H groups in total. The topological polar surface area (TPSA) is 118 Å². The molecule has 4 rings (SSSR count). The van der Waals surface area contributed by atoms with Gasteiger partial charge in [-0.1, -0.05) is 29.8 Å². The van der Waals surface area contributed by atoms with E-state index in [9.17, 15) is 20.4 Å². The zero-order valence-electron chi connectivity index (χ0n) is 19.0. The second-order valence-corrected chi connectivity index (χ2v) is 9.09. The molecule has 5 atom stereocenters. The van der Waals surface area contributed by atoms with Gasteiger partial charge in [0.05, 0.1) is 19.3 Å². The Labute approximate surface area is 203 Å². The van der Waals surface area contributed by atoms with Crippen molar-refractivity contribution in [3.8, 4) is 5.75 Å². The molecule has 2 aliphatic rings. The molecule has 1 aliphatic carbocycles. The van der Waals surface area contributed by atoms with Crippen LogP contribution in [-0.2, 0) is 26.4 Å². The van der Waals surface area contributed by atoms with E-state index in [1.165, 1.54) is 7.11 Å². The number of benzene rings is 2. The largest absolute Gasteiger partial charge is 0.491 e. The molecule has 9 heteroatoms. The lowest BCUT2D eigenvalue weighted by Crippen LogP contribution is -2.64. The molecule has 1 aliphatic heterocycles. The van der Waals surface area contributed by atoms with Crippen LogP contribution < -0.4 is 4.74 Å². The molecule has 1 saturated carbocycles. The molecule has 0 bridgehead atoms. The van der Waals surface area contributed by atoms with E-state index in [4.69, 9.17) is 30.5 Å². The minimum Gasteiger partial charge on any atom is -0.491 e. The van der Waals surface area contributed by atoms with Crippen LogP contribution >= 0.6 is 11.6 Å². The van der Waals surface area contributed by atoms with Gasteiger partial charge in [-0.25, -0.2) is 0 Å². The van der Waals surface area contributed by atoms with Gasteiger partial charge < -0.3 is 39.4 Å². The van der Waals surface area contributed by atoms with Crippen LogP contribution in [0.3, 0.4) is 0 Å². The number of aliphatic hydroxyl groups is 4. The summed E-state index contributed by atoms with van der Waals surface area (Å²) in [6, 6.07) is 12.7. The maximum Gasteiger partial charge on any atom is 0.224 e. The molecule has 5 unspecified atom stereocenters. The molecular weight excluding hydrogens is 464 g/mol. The van der Waals surface area contributed by atoms with E-state index >= 15 is 0 Å². The van der Waals surface area contributed by atoms with Crippen molar-refractivity contribution in [2.75, 3.05) is 26.9 Å². The first-order chi connectivity index (χ1) is 16.4. The van der Waals surface area contributed by atoms with Crippen molar-refractivity contribution < 1.29 is 39.4 Å². The lowest BCUT2D eigenvalue weighted by molar-refractivity contribution is -0.366. The van der Waals surface area contributed by atoms with Crippen molar-refractivity contribution in [2.45, 2.75) is 55.6 Å². The summed E-state index contributed by atoms with van der Waals surface area (Å²) in [6.45, 7) is 0.519. The van der Waals surface area contributed by atoms with Gasteiger partial charge in [0.1, 0.15) is 36.8 Å². The Morgan fingerprint density at radius 2 is 1.76 bits per heavy atom. The first kappa shape index (κ1) is 25.3. The molecule has 0 aromatic heterocycles. The molecule has 186 valence electrons. The lowest BCUT2D eigenvalue weighted by Gasteiger charge is -2.47. The van der Waals surface area contributed by atoms with Crippen LogP contribution in [0.25, 0.3) is 0 Å². The highest BCUT2D eigenvalue weighted by Gasteiger charge is 2.55. The van der Waals surface area contributed by atoms with E-state index in [0.717, 1.165) is 29.7 Å². The fraction of sp³-hybridized carbons (Fsp3) is 0.520. The number of hydrogen-bond donors (Lipinski definition) is 4. The fourth-order valence-electron chi connectivity index (χ4n) is 4.13. The van der Waals surface area contributed by atoms with E-state index in [1.807, 2.05) is 24.3 Å². The van der Waals surface area contributed by atoms with Crippen LogP contribution in [0.1, 0.15) is 29.5 Å². The van der Waals surface area contributed by atoms with Crippen molar-refractivity contribution in [1.82, 2.24) is 0 Å². The standard InChI is InChI=1S/C25H31ClO8/c1-31-25(24(30)23(29)22(28)21(14-27)34-25)17-4-9-20(26)16(13-17)12-15-2-5-18(6-3-15)32-10-11-33-19-7-8-19/h2-6,9,13,19,21-24,27-30H,7-8,10-12,14H2,1H3. The molecule has 2 aromatic rings. The summed E-state index contributed by atoms with van der Waals surface area (Å²) in [7, 11) is 1.32. The molecule has 1 saturated heterocycles. The molecule has 34 heavy (non-hydrogen) atoms. The SMILES string of the molecule is COC1(c2ccc(Cl)c(Cc3ccc(OCCOC4CC4)cc3)c2)OC(CO)C(O)C(O)C1O. The van der Waals surface area contributed by atoms with Gasteiger partial charge in [0.15, 0.2) is 0 Å². The smallest absolute Gasteiger partial charge is 0.224 e. The normalized spacial score (nSPS) is 29.2. The van der Waals surface area contributed by atoms with Crippen molar-refractivity contribution in [3.05, 3.63) is 64.2 Å². The van der Waals surface area contributed by atoms with Crippen LogP contribution in [0.4, 0.5) is 0 Å². The van der Waals surface area contributed by atoms with Gasteiger partial charge >= 0.3 is 0 Å². The van der Waals surface area contributed by atoms with Gasteiger partial charge in [-0.15, -0.1) is 0 Å². The van der Waals surface area contributed by atoms with E-state index < -0.39 is 36.8 Å². The van der Waals surface area contributed by atoms with Crippen molar-refractivity contribution >= 4 is 11.6 Å². The molecule has 0 radical (unpaired) electrons. The first-order valence-electron chi connectivity index (χ1n) is 11.4. The predicted molar refractivity (Wildman–Crippen MR) is 124 cm³/mol. The van der Waals surface area contributed by atoms with Gasteiger partial charge in [-0.2, -0.15) is 0 Å². The Hall–Kier alpha value is -1.75. The van der Waals surface area contributed by atoms with Gasteiger partial charge in [0.2, 0.25) is 5.79 Å². The Morgan fingerprint density at radius 3 is 2.41 bits per heavy atom. The maximum absolute atomic E-state index is 10.7. The van der Waals surface area contributed by atoms with Crippen LogP contribution in [0.15, 0.2) is 42.5 Å². The quantitative estimate of drug-likeness (QED) is 0.369. The summed E-state index contributed by atoms with van der Waals surface area (Å²) in [5.41, 5.74) is 2.14. The van der Waals surface area contributed by atoms with E-state index in [-0.39, 0.29) is 0 Å². The third kappa shape index (κ3) is 5.40. The number of halogens is 1. The van der Waals surface area contributed by atoms with Crippen LogP contribution in [-0.4, -0.2) is 77.9 Å². The van der Waals surface area contributed by atoms with Crippen molar-refractivity contribution in [3.63, 3.8) is 0 Å². The van der Waals surface area contributed by atoms with Crippen LogP contribution in [0, 0.1) is 0 Å². The van der Waals surface area contributed by atoms with E-state index in [0.29, 0.717) is 36.3 Å². The van der Waals surface area contributed by atoms with E-state index in [2.05, 4.69) is 0 Å². The highest BCUT2D eigenvalue weighted by Crippen LogP contribution is 2.40. The Bertz CT molecular complexity index is 948. The molecule has 0 amide bonds. The highest BCUT2D eigenvalue weighted by molar-refractivity contribution is 6.31. The number of ether oxygens (including phenoxy) is 4.